The molecule has 2 amide bonds. The second kappa shape index (κ2) is 10.4. The topological polar surface area (TPSA) is 65.8 Å². The Morgan fingerprint density at radius 2 is 1.92 bits per heavy atom. The molecule has 0 unspecified atom stereocenters. The van der Waals surface area contributed by atoms with Crippen LogP contribution in [0.2, 0.25) is 0 Å². The van der Waals surface area contributed by atoms with Crippen LogP contribution in [-0.2, 0) is 4.79 Å². The Morgan fingerprint density at radius 1 is 1.19 bits per heavy atom. The summed E-state index contributed by atoms with van der Waals surface area (Å²) in [4.78, 5) is 29.0. The van der Waals surface area contributed by atoms with E-state index in [1.54, 1.807) is 17.9 Å². The third-order valence-electron chi connectivity index (χ3n) is 4.86. The number of nitrogens with one attached hydrogen (secondary N) is 1. The SMILES string of the molecule is CCCN(CCC(=O)NCCN1CCCCC1)C(=O)c1cc(C)oc1C. The molecule has 0 aromatic carbocycles. The molecule has 0 atom stereocenters. The molecule has 2 rings (SSSR count). The van der Waals surface area contributed by atoms with Gasteiger partial charge < -0.3 is 19.5 Å². The van der Waals surface area contributed by atoms with E-state index in [-0.39, 0.29) is 11.8 Å². The number of carbonyl (C=O) groups is 2. The number of hydrogen-bond donors (Lipinski definition) is 1. The summed E-state index contributed by atoms with van der Waals surface area (Å²) in [6.45, 7) is 10.6. The third-order valence-corrected chi connectivity index (χ3v) is 4.86. The molecule has 1 saturated heterocycles. The van der Waals surface area contributed by atoms with E-state index in [4.69, 9.17) is 4.42 Å². The molecule has 0 bridgehead atoms. The van der Waals surface area contributed by atoms with Crippen LogP contribution in [0.5, 0.6) is 0 Å². The molecule has 0 saturated carbocycles. The van der Waals surface area contributed by atoms with Crippen LogP contribution in [0, 0.1) is 13.8 Å². The third kappa shape index (κ3) is 6.16. The minimum Gasteiger partial charge on any atom is -0.466 e. The molecule has 1 aromatic heterocycles. The summed E-state index contributed by atoms with van der Waals surface area (Å²) in [5.41, 5.74) is 0.599. The van der Waals surface area contributed by atoms with Crippen LogP contribution in [0.1, 0.15) is 60.9 Å². The smallest absolute Gasteiger partial charge is 0.257 e. The van der Waals surface area contributed by atoms with Gasteiger partial charge in [0.1, 0.15) is 11.5 Å². The fraction of sp³-hybridized carbons (Fsp3) is 0.700. The van der Waals surface area contributed by atoms with Gasteiger partial charge in [-0.05, 0) is 52.3 Å². The molecule has 0 aliphatic carbocycles. The van der Waals surface area contributed by atoms with Crippen molar-refractivity contribution in [1.29, 1.82) is 0 Å². The maximum Gasteiger partial charge on any atom is 0.257 e. The van der Waals surface area contributed by atoms with Crippen molar-refractivity contribution in [3.8, 4) is 0 Å². The summed E-state index contributed by atoms with van der Waals surface area (Å²) in [6.07, 6.45) is 5.03. The van der Waals surface area contributed by atoms with Gasteiger partial charge in [-0.3, -0.25) is 9.59 Å². The van der Waals surface area contributed by atoms with Crippen LogP contribution in [0.4, 0.5) is 0 Å². The van der Waals surface area contributed by atoms with E-state index in [9.17, 15) is 9.59 Å². The fourth-order valence-corrected chi connectivity index (χ4v) is 3.46. The minimum absolute atomic E-state index is 0.0102. The van der Waals surface area contributed by atoms with Crippen LogP contribution in [0.3, 0.4) is 0 Å². The van der Waals surface area contributed by atoms with Crippen molar-refractivity contribution < 1.29 is 14.0 Å². The predicted molar refractivity (Wildman–Crippen MR) is 102 cm³/mol. The Bertz CT molecular complexity index is 591. The monoisotopic (exact) mass is 363 g/mol. The van der Waals surface area contributed by atoms with Crippen LogP contribution in [0.15, 0.2) is 10.5 Å². The van der Waals surface area contributed by atoms with E-state index < -0.39 is 0 Å². The number of nitrogens with zero attached hydrogens (tertiary/aromatic N) is 2. The first-order valence-corrected chi connectivity index (χ1v) is 9.86. The molecule has 1 aliphatic rings. The average Bonchev–Trinajstić information content (AvgIpc) is 2.97. The second-order valence-corrected chi connectivity index (χ2v) is 7.12. The number of furan rings is 1. The zero-order chi connectivity index (χ0) is 18.9. The average molecular weight is 364 g/mol. The van der Waals surface area contributed by atoms with Gasteiger partial charge in [-0.15, -0.1) is 0 Å². The molecule has 146 valence electrons. The van der Waals surface area contributed by atoms with Crippen LogP contribution >= 0.6 is 0 Å². The van der Waals surface area contributed by atoms with E-state index in [0.717, 1.165) is 31.8 Å². The Kier molecular flexibility index (Phi) is 8.16. The lowest BCUT2D eigenvalue weighted by Gasteiger charge is -2.26. The van der Waals surface area contributed by atoms with E-state index >= 15 is 0 Å². The Morgan fingerprint density at radius 3 is 2.54 bits per heavy atom. The first-order chi connectivity index (χ1) is 12.5. The molecule has 6 nitrogen and oxygen atoms in total. The number of piperidine rings is 1. The van der Waals surface area contributed by atoms with Crippen molar-refractivity contribution in [2.24, 2.45) is 0 Å². The highest BCUT2D eigenvalue weighted by Crippen LogP contribution is 2.16. The lowest BCUT2D eigenvalue weighted by atomic mass is 10.1. The standard InChI is InChI=1S/C20H33N3O3/c1-4-10-23(20(25)18-15-16(2)26-17(18)3)13-8-19(24)21-9-14-22-11-6-5-7-12-22/h15H,4-14H2,1-3H3,(H,21,24). The second-order valence-electron chi connectivity index (χ2n) is 7.12. The molecule has 6 heteroatoms. The number of likely N-dealkylation sites (tertiary alicyclic amines) is 1. The molecule has 2 heterocycles. The number of aryl methyl sites for hydroxylation is 2. The van der Waals surface area contributed by atoms with E-state index in [1.165, 1.54) is 19.3 Å². The molecule has 1 fully saturated rings. The number of rotatable bonds is 9. The van der Waals surface area contributed by atoms with Crippen molar-refractivity contribution in [2.75, 3.05) is 39.3 Å². The minimum atomic E-state index is -0.0534. The predicted octanol–water partition coefficient (Wildman–Crippen LogP) is 2.74. The summed E-state index contributed by atoms with van der Waals surface area (Å²) < 4.78 is 5.47. The van der Waals surface area contributed by atoms with Gasteiger partial charge >= 0.3 is 0 Å². The van der Waals surface area contributed by atoms with E-state index in [0.29, 0.717) is 37.4 Å². The lowest BCUT2D eigenvalue weighted by Crippen LogP contribution is -2.39. The molecule has 0 spiro atoms. The Labute approximate surface area is 156 Å². The maximum absolute atomic E-state index is 12.7. The lowest BCUT2D eigenvalue weighted by molar-refractivity contribution is -0.121. The number of amides is 2. The normalized spacial score (nSPS) is 15.0. The van der Waals surface area contributed by atoms with Gasteiger partial charge in [-0.1, -0.05) is 13.3 Å². The Balaban J connectivity index is 1.77. The maximum atomic E-state index is 12.7. The van der Waals surface area contributed by atoms with E-state index in [2.05, 4.69) is 10.2 Å². The zero-order valence-electron chi connectivity index (χ0n) is 16.5. The highest BCUT2D eigenvalue weighted by Gasteiger charge is 2.20. The molecule has 1 aliphatic heterocycles. The van der Waals surface area contributed by atoms with Gasteiger partial charge in [-0.2, -0.15) is 0 Å². The van der Waals surface area contributed by atoms with Crippen LogP contribution in [0.25, 0.3) is 0 Å². The van der Waals surface area contributed by atoms with Gasteiger partial charge in [0.2, 0.25) is 5.91 Å². The zero-order valence-corrected chi connectivity index (χ0v) is 16.5. The molecular weight excluding hydrogens is 330 g/mol. The molecule has 0 radical (unpaired) electrons. The van der Waals surface area contributed by atoms with Crippen molar-refractivity contribution in [3.63, 3.8) is 0 Å². The first kappa shape index (κ1) is 20.5. The molecule has 26 heavy (non-hydrogen) atoms. The molecule has 1 N–H and O–H groups in total. The summed E-state index contributed by atoms with van der Waals surface area (Å²) in [5.74, 6) is 1.33. The van der Waals surface area contributed by atoms with Gasteiger partial charge in [0.15, 0.2) is 0 Å². The summed E-state index contributed by atoms with van der Waals surface area (Å²) >= 11 is 0. The summed E-state index contributed by atoms with van der Waals surface area (Å²) in [6, 6.07) is 1.78. The quantitative estimate of drug-likeness (QED) is 0.733. The summed E-state index contributed by atoms with van der Waals surface area (Å²) in [7, 11) is 0. The highest BCUT2D eigenvalue weighted by molar-refractivity contribution is 5.95. The van der Waals surface area contributed by atoms with Crippen molar-refractivity contribution in [2.45, 2.75) is 52.9 Å². The van der Waals surface area contributed by atoms with Gasteiger partial charge in [0, 0.05) is 32.6 Å². The van der Waals surface area contributed by atoms with Crippen molar-refractivity contribution >= 4 is 11.8 Å². The largest absolute Gasteiger partial charge is 0.466 e. The van der Waals surface area contributed by atoms with Gasteiger partial charge in [0.25, 0.3) is 5.91 Å². The number of carbonyl (C=O) groups excluding carboxylic acids is 2. The van der Waals surface area contributed by atoms with E-state index in [1.807, 2.05) is 13.8 Å². The highest BCUT2D eigenvalue weighted by atomic mass is 16.3. The fourth-order valence-electron chi connectivity index (χ4n) is 3.46. The van der Waals surface area contributed by atoms with Crippen molar-refractivity contribution in [3.05, 3.63) is 23.2 Å². The van der Waals surface area contributed by atoms with Gasteiger partial charge in [-0.25, -0.2) is 0 Å². The summed E-state index contributed by atoms with van der Waals surface area (Å²) in [5, 5.41) is 2.98. The number of hydrogen-bond acceptors (Lipinski definition) is 4. The van der Waals surface area contributed by atoms with Crippen molar-refractivity contribution in [1.82, 2.24) is 15.1 Å². The molecule has 1 aromatic rings. The van der Waals surface area contributed by atoms with Gasteiger partial charge in [0.05, 0.1) is 5.56 Å². The van der Waals surface area contributed by atoms with Crippen LogP contribution in [-0.4, -0.2) is 60.9 Å². The van der Waals surface area contributed by atoms with Crippen LogP contribution < -0.4 is 5.32 Å². The Hall–Kier alpha value is -1.82. The first-order valence-electron chi connectivity index (χ1n) is 9.86. The molecular formula is C20H33N3O3.